The van der Waals surface area contributed by atoms with Gasteiger partial charge in [0, 0.05) is 18.3 Å². The molecule has 6 aromatic rings. The third-order valence-corrected chi connectivity index (χ3v) is 16.7. The number of benzene rings is 2. The number of aliphatic hydroxyl groups excluding tert-OH is 1. The van der Waals surface area contributed by atoms with E-state index < -0.39 is 93.5 Å². The van der Waals surface area contributed by atoms with E-state index in [9.17, 15) is 24.2 Å². The van der Waals surface area contributed by atoms with Crippen molar-refractivity contribution in [1.82, 2.24) is 39.0 Å². The van der Waals surface area contributed by atoms with E-state index in [1.165, 1.54) is 30.7 Å². The van der Waals surface area contributed by atoms with Crippen LogP contribution in [0, 0.1) is 25.2 Å². The summed E-state index contributed by atoms with van der Waals surface area (Å²) < 4.78 is 74.6. The zero-order chi connectivity index (χ0) is 44.7. The molecular weight excluding hydrogens is 896 g/mol. The summed E-state index contributed by atoms with van der Waals surface area (Å²) in [6.45, 7) is -1.83. The van der Waals surface area contributed by atoms with Crippen LogP contribution in [0.4, 0.5) is 5.82 Å². The fourth-order valence-corrected chi connectivity index (χ4v) is 13.3. The molecule has 25 heteroatoms. The highest BCUT2D eigenvalue weighted by molar-refractivity contribution is 8.54. The molecule has 2 saturated carbocycles. The molecule has 2 aliphatic carbocycles. The molecule has 2 aromatic carbocycles. The maximum Gasteiger partial charge on any atom is 0.472 e. The molecule has 4 fully saturated rings. The van der Waals surface area contributed by atoms with Gasteiger partial charge in [0.2, 0.25) is 0 Å². The molecule has 5 N–H and O–H groups in total. The lowest BCUT2D eigenvalue weighted by Crippen LogP contribution is -2.38. The van der Waals surface area contributed by atoms with Gasteiger partial charge in [0.05, 0.1) is 37.5 Å². The monoisotopic (exact) mass is 937 g/mol. The van der Waals surface area contributed by atoms with Crippen molar-refractivity contribution in [1.29, 1.82) is 0 Å². The van der Waals surface area contributed by atoms with Gasteiger partial charge in [0.15, 0.2) is 28.9 Å². The highest BCUT2D eigenvalue weighted by Gasteiger charge is 2.74. The van der Waals surface area contributed by atoms with Crippen molar-refractivity contribution in [2.75, 3.05) is 26.1 Å². The summed E-state index contributed by atoms with van der Waals surface area (Å²) in [5.74, 6) is -0.250. The second-order valence-electron chi connectivity index (χ2n) is 16.1. The SMILES string of the molecule is CO[C@H]1[C@H]2OP(=O)(O)OCC34C[C@@H]3[C@@H](n3cnc5c(N)ncnc53)[C@H](O)[C@@H]4O[P@](=O)(SCc3ccc(OC(=O)c4ccc(C)cc4)cc3)OC[C@H]1O[C@H]2n1cnc2c(=O)[nH]c(C)nc21. The predicted octanol–water partition coefficient (Wildman–Crippen LogP) is 4.17. The molecule has 2 bridgehead atoms. The number of aromatic amines is 1. The Morgan fingerprint density at radius 2 is 1.75 bits per heavy atom. The number of ether oxygens (including phenoxy) is 3. The summed E-state index contributed by atoms with van der Waals surface area (Å²) in [6.07, 6.45) is -3.31. The number of nitrogen functional groups attached to an aromatic ring is 1. The van der Waals surface area contributed by atoms with Crippen molar-refractivity contribution in [3.63, 3.8) is 0 Å². The predicted molar refractivity (Wildman–Crippen MR) is 226 cm³/mol. The van der Waals surface area contributed by atoms with Crippen molar-refractivity contribution in [3.8, 4) is 5.75 Å². The molecule has 1 spiro atoms. The lowest BCUT2D eigenvalue weighted by molar-refractivity contribution is -0.0600. The Morgan fingerprint density at radius 1 is 1.00 bits per heavy atom. The summed E-state index contributed by atoms with van der Waals surface area (Å²) in [4.78, 5) is 60.9. The van der Waals surface area contributed by atoms with Crippen LogP contribution < -0.4 is 16.0 Å². The number of nitrogens with one attached hydrogen (secondary N) is 1. The highest BCUT2D eigenvalue weighted by Crippen LogP contribution is 2.74. The van der Waals surface area contributed by atoms with Crippen molar-refractivity contribution in [2.24, 2.45) is 11.3 Å². The van der Waals surface area contributed by atoms with Crippen LogP contribution in [0.25, 0.3) is 22.3 Å². The van der Waals surface area contributed by atoms with Gasteiger partial charge < -0.3 is 39.5 Å². The normalized spacial score (nSPS) is 32.6. The number of nitrogens with two attached hydrogens (primary N) is 1. The number of carbonyl (C=O) groups is 1. The zero-order valence-electron chi connectivity index (χ0n) is 34.2. The Morgan fingerprint density at radius 3 is 2.52 bits per heavy atom. The Labute approximate surface area is 366 Å². The number of fused-ring (bicyclic) bond motifs is 4. The second kappa shape index (κ2) is 16.2. The second-order valence-corrected chi connectivity index (χ2v) is 21.5. The number of nitrogens with zero attached hydrogens (tertiary/aromatic N) is 7. The van der Waals surface area contributed by atoms with Crippen LogP contribution in [0.3, 0.4) is 0 Å². The molecule has 336 valence electrons. The maximum absolute atomic E-state index is 15.3. The molecule has 2 aliphatic heterocycles. The van der Waals surface area contributed by atoms with Crippen LogP contribution in [0.2, 0.25) is 0 Å². The summed E-state index contributed by atoms with van der Waals surface area (Å²) in [7, 11) is -3.68. The molecule has 4 aromatic heterocycles. The van der Waals surface area contributed by atoms with E-state index in [4.69, 9.17) is 38.0 Å². The Bertz CT molecular complexity index is 2940. The van der Waals surface area contributed by atoms with Gasteiger partial charge in [0.25, 0.3) is 5.56 Å². The summed E-state index contributed by atoms with van der Waals surface area (Å²) in [5, 5.41) is 12.2. The molecule has 22 nitrogen and oxygen atoms in total. The lowest BCUT2D eigenvalue weighted by atomic mass is 10.0. The molecule has 2 unspecified atom stereocenters. The number of aliphatic hydroxyl groups is 1. The van der Waals surface area contributed by atoms with E-state index >= 15 is 4.57 Å². The number of carbonyl (C=O) groups excluding carboxylic acids is 1. The molecule has 4 aliphatic rings. The molecule has 10 rings (SSSR count). The fraction of sp³-hybridized carbons (Fsp3) is 0.410. The van der Waals surface area contributed by atoms with Gasteiger partial charge in [-0.3, -0.25) is 27.5 Å². The van der Waals surface area contributed by atoms with Gasteiger partial charge in [-0.05, 0) is 67.4 Å². The van der Waals surface area contributed by atoms with Crippen LogP contribution in [0.5, 0.6) is 5.75 Å². The minimum atomic E-state index is -5.02. The van der Waals surface area contributed by atoms with Crippen molar-refractivity contribution in [2.45, 2.75) is 68.8 Å². The average molecular weight is 938 g/mol. The molecule has 11 atom stereocenters. The van der Waals surface area contributed by atoms with Crippen LogP contribution in [-0.4, -0.2) is 106 Å². The lowest BCUT2D eigenvalue weighted by Gasteiger charge is -2.32. The van der Waals surface area contributed by atoms with Gasteiger partial charge >= 0.3 is 20.6 Å². The van der Waals surface area contributed by atoms with Gasteiger partial charge in [-0.25, -0.2) is 38.8 Å². The summed E-state index contributed by atoms with van der Waals surface area (Å²) in [6, 6.07) is 12.8. The minimum absolute atomic E-state index is 0.0229. The smallest absolute Gasteiger partial charge is 0.423 e. The van der Waals surface area contributed by atoms with Crippen molar-refractivity contribution < 1.29 is 56.2 Å². The fourth-order valence-electron chi connectivity index (χ4n) is 8.89. The van der Waals surface area contributed by atoms with Crippen molar-refractivity contribution in [3.05, 3.63) is 100 Å². The Balaban J connectivity index is 0.980. The first kappa shape index (κ1) is 43.0. The number of H-pyrrole nitrogens is 1. The zero-order valence-corrected chi connectivity index (χ0v) is 36.8. The van der Waals surface area contributed by atoms with E-state index in [-0.39, 0.29) is 28.6 Å². The number of hydrogen-bond donors (Lipinski definition) is 4. The largest absolute Gasteiger partial charge is 0.472 e. The molecule has 64 heavy (non-hydrogen) atoms. The Hall–Kier alpha value is -4.90. The average Bonchev–Trinajstić information content (AvgIpc) is 3.55. The van der Waals surface area contributed by atoms with Gasteiger partial charge in [-0.15, -0.1) is 0 Å². The summed E-state index contributed by atoms with van der Waals surface area (Å²) in [5.41, 5.74) is 7.14. The standard InChI is InChI=1S/C39H41N9O13P2S/c1-19-4-8-22(9-5-19)38(51)58-23-10-6-21(7-11-23)14-64-63(54)56-13-25-30(55-3)31(37(59-25)48-18-44-27-35(48)45-20(2)46-36(27)50)60-62(52,53)57-15-39-12-24(39)28(29(49)32(39)61-63)47-17-43-26-33(40)41-16-42-34(26)47/h4-11,16-18,24-25,28-32,37,49H,12-15H2,1-3H3,(H,52,53)(H2,40,41,42)(H,45,46,50)/t24-,25-,28-,29+,30-,31-,32+,37-,39?,63-/m1/s1. The van der Waals surface area contributed by atoms with Crippen LogP contribution in [0.15, 0.2) is 72.3 Å². The van der Waals surface area contributed by atoms with E-state index in [2.05, 4.69) is 29.9 Å². The third kappa shape index (κ3) is 7.67. The quantitative estimate of drug-likeness (QED) is 0.0946. The van der Waals surface area contributed by atoms with E-state index in [1.807, 2.05) is 19.1 Å². The number of hydrogen-bond acceptors (Lipinski definition) is 19. The number of aryl methyl sites for hydroxylation is 2. The van der Waals surface area contributed by atoms with E-state index in [0.29, 0.717) is 34.5 Å². The van der Waals surface area contributed by atoms with Crippen LogP contribution in [-0.2, 0) is 42.5 Å². The first-order chi connectivity index (χ1) is 30.7. The number of aromatic nitrogens is 8. The number of anilines is 1. The number of esters is 1. The molecule has 6 heterocycles. The van der Waals surface area contributed by atoms with Crippen molar-refractivity contribution >= 4 is 60.1 Å². The molecular formula is C39H41N9O13P2S. The van der Waals surface area contributed by atoms with Gasteiger partial charge in [-0.1, -0.05) is 29.8 Å². The molecule has 2 saturated heterocycles. The summed E-state index contributed by atoms with van der Waals surface area (Å²) >= 11 is 0.836. The minimum Gasteiger partial charge on any atom is -0.423 e. The first-order valence-corrected chi connectivity index (χ1v) is 24.6. The number of rotatable bonds is 8. The molecule has 0 amide bonds. The van der Waals surface area contributed by atoms with Gasteiger partial charge in [0.1, 0.15) is 53.9 Å². The Kier molecular flexibility index (Phi) is 10.9. The topological polar surface area (TPSA) is 289 Å². The number of imidazole rings is 2. The van der Waals surface area contributed by atoms with Crippen LogP contribution in [0.1, 0.15) is 46.0 Å². The van der Waals surface area contributed by atoms with E-state index in [1.54, 1.807) is 47.9 Å². The number of phosphoric ester groups is 1. The number of methoxy groups -OCH3 is 1. The highest BCUT2D eigenvalue weighted by atomic mass is 32.7. The maximum atomic E-state index is 15.3. The first-order valence-electron chi connectivity index (χ1n) is 20.0. The third-order valence-electron chi connectivity index (χ3n) is 12.1. The van der Waals surface area contributed by atoms with E-state index in [0.717, 1.165) is 16.9 Å². The molecule has 0 radical (unpaired) electrons. The van der Waals surface area contributed by atoms with Crippen LogP contribution >= 0.6 is 26.0 Å². The van der Waals surface area contributed by atoms with Gasteiger partial charge in [-0.2, -0.15) is 0 Å². The number of phosphoric acid groups is 1.